The fourth-order valence-electron chi connectivity index (χ4n) is 1.74. The van der Waals surface area contributed by atoms with Crippen molar-refractivity contribution in [2.45, 2.75) is 38.6 Å². The van der Waals surface area contributed by atoms with Crippen LogP contribution >= 0.6 is 0 Å². The fraction of sp³-hybridized carbons (Fsp3) is 1.00. The number of hydrogen-bond donors (Lipinski definition) is 1. The maximum atomic E-state index is 5.86. The van der Waals surface area contributed by atoms with Gasteiger partial charge in [-0.25, -0.2) is 0 Å². The highest BCUT2D eigenvalue weighted by Gasteiger charge is 2.30. The van der Waals surface area contributed by atoms with Gasteiger partial charge in [0.25, 0.3) is 0 Å². The minimum absolute atomic E-state index is 0.0317. The van der Waals surface area contributed by atoms with Crippen molar-refractivity contribution in [1.82, 2.24) is 4.90 Å². The van der Waals surface area contributed by atoms with Crippen LogP contribution in [0.25, 0.3) is 0 Å². The Balaban J connectivity index is 4.28. The second-order valence-corrected chi connectivity index (χ2v) is 3.99. The third kappa shape index (κ3) is 3.56. The first kappa shape index (κ1) is 13.9. The molecule has 0 fully saturated rings. The van der Waals surface area contributed by atoms with E-state index in [4.69, 9.17) is 10.5 Å². The minimum atomic E-state index is 0.0317. The number of likely N-dealkylation sites (N-methyl/N-ethyl adjacent to an activating group) is 1. The third-order valence-electron chi connectivity index (χ3n) is 3.11. The molecule has 0 heterocycles. The van der Waals surface area contributed by atoms with Crippen molar-refractivity contribution in [3.63, 3.8) is 0 Å². The van der Waals surface area contributed by atoms with E-state index in [0.717, 1.165) is 19.6 Å². The van der Waals surface area contributed by atoms with E-state index < -0.39 is 0 Å². The van der Waals surface area contributed by atoms with E-state index in [9.17, 15) is 0 Å². The van der Waals surface area contributed by atoms with Crippen LogP contribution in [0.3, 0.4) is 0 Å². The molecule has 0 saturated heterocycles. The summed E-state index contributed by atoms with van der Waals surface area (Å²) in [5.41, 5.74) is 5.89. The maximum Gasteiger partial charge on any atom is 0.0658 e. The van der Waals surface area contributed by atoms with Crippen LogP contribution in [0, 0.1) is 0 Å². The number of rotatable bonds is 8. The van der Waals surface area contributed by atoms with Gasteiger partial charge in [-0.05, 0) is 26.4 Å². The molecule has 3 nitrogen and oxygen atoms in total. The minimum Gasteiger partial charge on any atom is -0.383 e. The number of methoxy groups -OCH3 is 1. The van der Waals surface area contributed by atoms with E-state index in [-0.39, 0.29) is 5.54 Å². The Morgan fingerprint density at radius 2 is 2.00 bits per heavy atom. The van der Waals surface area contributed by atoms with Crippen molar-refractivity contribution in [3.05, 3.63) is 0 Å². The van der Waals surface area contributed by atoms with Crippen molar-refractivity contribution in [3.8, 4) is 0 Å². The van der Waals surface area contributed by atoms with Gasteiger partial charge in [0.2, 0.25) is 0 Å². The Morgan fingerprint density at radius 1 is 1.36 bits per heavy atom. The van der Waals surface area contributed by atoms with Crippen LogP contribution in [-0.4, -0.2) is 44.3 Å². The van der Waals surface area contributed by atoms with Gasteiger partial charge in [0.15, 0.2) is 0 Å². The van der Waals surface area contributed by atoms with Crippen LogP contribution < -0.4 is 5.73 Å². The Hall–Kier alpha value is -0.120. The third-order valence-corrected chi connectivity index (χ3v) is 3.11. The molecule has 3 heteroatoms. The summed E-state index contributed by atoms with van der Waals surface area (Å²) in [5.74, 6) is 0. The van der Waals surface area contributed by atoms with Gasteiger partial charge in [-0.3, -0.25) is 4.90 Å². The average Bonchev–Trinajstić information content (AvgIpc) is 2.22. The summed E-state index contributed by atoms with van der Waals surface area (Å²) >= 11 is 0. The molecule has 0 bridgehead atoms. The van der Waals surface area contributed by atoms with Gasteiger partial charge in [0, 0.05) is 13.7 Å². The van der Waals surface area contributed by atoms with Crippen LogP contribution in [0.2, 0.25) is 0 Å². The van der Waals surface area contributed by atoms with Gasteiger partial charge in [0.1, 0.15) is 0 Å². The molecule has 0 aromatic carbocycles. The number of unbranched alkanes of at least 4 members (excludes halogenated alkanes) is 1. The molecule has 0 rings (SSSR count). The van der Waals surface area contributed by atoms with Crippen molar-refractivity contribution >= 4 is 0 Å². The molecule has 0 aromatic heterocycles. The smallest absolute Gasteiger partial charge is 0.0658 e. The molecule has 1 atom stereocenters. The summed E-state index contributed by atoms with van der Waals surface area (Å²) in [6, 6.07) is 0. The SMILES string of the molecule is CCCCN(C)C(CC)(CN)COC. The second-order valence-electron chi connectivity index (χ2n) is 3.99. The molecular formula is C11H26N2O. The van der Waals surface area contributed by atoms with E-state index in [1.54, 1.807) is 7.11 Å². The molecule has 1 unspecified atom stereocenters. The molecule has 2 N–H and O–H groups in total. The quantitative estimate of drug-likeness (QED) is 0.648. The Labute approximate surface area is 88.6 Å². The molecule has 14 heavy (non-hydrogen) atoms. The zero-order valence-electron chi connectivity index (χ0n) is 10.2. The summed E-state index contributed by atoms with van der Waals surface area (Å²) in [5, 5.41) is 0. The first-order valence-electron chi connectivity index (χ1n) is 5.57. The van der Waals surface area contributed by atoms with Crippen molar-refractivity contribution in [2.24, 2.45) is 5.73 Å². The van der Waals surface area contributed by atoms with Crippen LogP contribution in [0.5, 0.6) is 0 Å². The fourth-order valence-corrected chi connectivity index (χ4v) is 1.74. The molecule has 0 aliphatic carbocycles. The summed E-state index contributed by atoms with van der Waals surface area (Å²) in [6.07, 6.45) is 3.49. The lowest BCUT2D eigenvalue weighted by Crippen LogP contribution is -2.55. The van der Waals surface area contributed by atoms with E-state index >= 15 is 0 Å². The summed E-state index contributed by atoms with van der Waals surface area (Å²) in [4.78, 5) is 2.35. The summed E-state index contributed by atoms with van der Waals surface area (Å²) in [7, 11) is 3.89. The predicted octanol–water partition coefficient (Wildman–Crippen LogP) is 1.47. The van der Waals surface area contributed by atoms with E-state index in [1.807, 2.05) is 0 Å². The Bertz CT molecular complexity index is 135. The summed E-state index contributed by atoms with van der Waals surface area (Å²) < 4.78 is 5.27. The van der Waals surface area contributed by atoms with E-state index in [1.165, 1.54) is 12.8 Å². The molecule has 0 spiro atoms. The second kappa shape index (κ2) is 7.21. The lowest BCUT2D eigenvalue weighted by molar-refractivity contribution is 0.0274. The first-order chi connectivity index (χ1) is 6.66. The molecule has 86 valence electrons. The summed E-state index contributed by atoms with van der Waals surface area (Å²) in [6.45, 7) is 6.87. The van der Waals surface area contributed by atoms with Crippen LogP contribution in [0.1, 0.15) is 33.1 Å². The lowest BCUT2D eigenvalue weighted by atomic mass is 9.95. The number of hydrogen-bond acceptors (Lipinski definition) is 3. The highest BCUT2D eigenvalue weighted by molar-refractivity contribution is 4.88. The molecule has 0 aromatic rings. The normalized spacial score (nSPS) is 15.9. The van der Waals surface area contributed by atoms with Gasteiger partial charge < -0.3 is 10.5 Å². The Morgan fingerprint density at radius 3 is 2.36 bits per heavy atom. The number of ether oxygens (including phenoxy) is 1. The van der Waals surface area contributed by atoms with E-state index in [2.05, 4.69) is 25.8 Å². The standard InChI is InChI=1S/C11H26N2O/c1-5-7-8-13(3)11(6-2,9-12)10-14-4/h5-10,12H2,1-4H3. The zero-order chi connectivity index (χ0) is 11.0. The Kier molecular flexibility index (Phi) is 7.15. The van der Waals surface area contributed by atoms with Crippen molar-refractivity contribution < 1.29 is 4.74 Å². The van der Waals surface area contributed by atoms with Gasteiger partial charge in [-0.2, -0.15) is 0 Å². The van der Waals surface area contributed by atoms with Gasteiger partial charge in [0.05, 0.1) is 12.1 Å². The highest BCUT2D eigenvalue weighted by Crippen LogP contribution is 2.18. The van der Waals surface area contributed by atoms with Gasteiger partial charge >= 0.3 is 0 Å². The van der Waals surface area contributed by atoms with Crippen LogP contribution in [-0.2, 0) is 4.74 Å². The zero-order valence-corrected chi connectivity index (χ0v) is 10.2. The molecular weight excluding hydrogens is 176 g/mol. The monoisotopic (exact) mass is 202 g/mol. The van der Waals surface area contributed by atoms with E-state index in [0.29, 0.717) is 6.54 Å². The molecule has 0 aliphatic rings. The van der Waals surface area contributed by atoms with Crippen molar-refractivity contribution in [1.29, 1.82) is 0 Å². The van der Waals surface area contributed by atoms with Gasteiger partial charge in [-0.1, -0.05) is 20.3 Å². The maximum absolute atomic E-state index is 5.86. The molecule has 0 radical (unpaired) electrons. The van der Waals surface area contributed by atoms with Crippen LogP contribution in [0.15, 0.2) is 0 Å². The highest BCUT2D eigenvalue weighted by atomic mass is 16.5. The molecule has 0 amide bonds. The largest absolute Gasteiger partial charge is 0.383 e. The molecule has 0 saturated carbocycles. The topological polar surface area (TPSA) is 38.5 Å². The van der Waals surface area contributed by atoms with Crippen LogP contribution in [0.4, 0.5) is 0 Å². The average molecular weight is 202 g/mol. The first-order valence-corrected chi connectivity index (χ1v) is 5.57. The van der Waals surface area contributed by atoms with Gasteiger partial charge in [-0.15, -0.1) is 0 Å². The number of nitrogens with two attached hydrogens (primary N) is 1. The predicted molar refractivity (Wildman–Crippen MR) is 61.5 cm³/mol. The lowest BCUT2D eigenvalue weighted by Gasteiger charge is -2.40. The number of nitrogens with zero attached hydrogens (tertiary/aromatic N) is 1. The van der Waals surface area contributed by atoms with Crippen molar-refractivity contribution in [2.75, 3.05) is 33.9 Å². The molecule has 0 aliphatic heterocycles.